The van der Waals surface area contributed by atoms with Crippen LogP contribution in [0.1, 0.15) is 62.3 Å². The fourth-order valence-corrected chi connectivity index (χ4v) is 2.98. The third-order valence-corrected chi connectivity index (χ3v) is 4.53. The highest BCUT2D eigenvalue weighted by atomic mass is 16.4. The van der Waals surface area contributed by atoms with E-state index >= 15 is 0 Å². The first kappa shape index (κ1) is 17.0. The Morgan fingerprint density at radius 1 is 1.36 bits per heavy atom. The Hall–Kier alpha value is -1.36. The Bertz CT molecular complexity index is 459. The van der Waals surface area contributed by atoms with Crippen molar-refractivity contribution < 1.29 is 14.3 Å². The molecule has 1 heterocycles. The van der Waals surface area contributed by atoms with Crippen LogP contribution in [0, 0.1) is 19.8 Å². The standard InChI is InChI=1S/C17H28N2O3/c1-12-13(2)22-16(19-12)10-6-9-15(20)17(21)18-11-14-7-4-3-5-8-14/h14-15,20H,3-11H2,1-2H3,(H,18,21)/t15-/m0/s1. The molecule has 1 saturated carbocycles. The van der Waals surface area contributed by atoms with Gasteiger partial charge in [-0.15, -0.1) is 0 Å². The number of aliphatic hydroxyl groups is 1. The van der Waals surface area contributed by atoms with Crippen LogP contribution in [0.15, 0.2) is 4.42 Å². The molecule has 0 bridgehead atoms. The van der Waals surface area contributed by atoms with Gasteiger partial charge in [0, 0.05) is 13.0 Å². The summed E-state index contributed by atoms with van der Waals surface area (Å²) in [6, 6.07) is 0. The summed E-state index contributed by atoms with van der Waals surface area (Å²) >= 11 is 0. The summed E-state index contributed by atoms with van der Waals surface area (Å²) in [4.78, 5) is 16.2. The van der Waals surface area contributed by atoms with Crippen molar-refractivity contribution in [3.63, 3.8) is 0 Å². The Kier molecular flexibility index (Phi) is 6.43. The normalized spacial score (nSPS) is 17.4. The second kappa shape index (κ2) is 8.32. The first-order valence-electron chi connectivity index (χ1n) is 8.45. The second-order valence-corrected chi connectivity index (χ2v) is 6.41. The summed E-state index contributed by atoms with van der Waals surface area (Å²) in [5.41, 5.74) is 0.903. The lowest BCUT2D eigenvalue weighted by molar-refractivity contribution is -0.129. The summed E-state index contributed by atoms with van der Waals surface area (Å²) in [6.45, 7) is 4.50. The molecule has 5 heteroatoms. The molecule has 2 N–H and O–H groups in total. The van der Waals surface area contributed by atoms with E-state index in [0.29, 0.717) is 37.6 Å². The molecule has 2 rings (SSSR count). The third kappa shape index (κ3) is 5.13. The minimum absolute atomic E-state index is 0.245. The number of rotatable bonds is 7. The van der Waals surface area contributed by atoms with Crippen LogP contribution in [0.4, 0.5) is 0 Å². The molecule has 0 spiro atoms. The first-order valence-corrected chi connectivity index (χ1v) is 8.45. The van der Waals surface area contributed by atoms with Crippen molar-refractivity contribution in [1.29, 1.82) is 0 Å². The van der Waals surface area contributed by atoms with Crippen LogP contribution in [-0.2, 0) is 11.2 Å². The van der Waals surface area contributed by atoms with Crippen LogP contribution in [0.5, 0.6) is 0 Å². The minimum Gasteiger partial charge on any atom is -0.446 e. The Morgan fingerprint density at radius 3 is 2.73 bits per heavy atom. The fraction of sp³-hybridized carbons (Fsp3) is 0.765. The number of oxazole rings is 1. The van der Waals surface area contributed by atoms with Crippen molar-refractivity contribution in [3.05, 3.63) is 17.3 Å². The number of nitrogens with one attached hydrogen (secondary N) is 1. The summed E-state index contributed by atoms with van der Waals surface area (Å²) < 4.78 is 5.49. The van der Waals surface area contributed by atoms with E-state index in [1.165, 1.54) is 32.1 Å². The van der Waals surface area contributed by atoms with Gasteiger partial charge in [0.1, 0.15) is 11.9 Å². The van der Waals surface area contributed by atoms with Crippen molar-refractivity contribution in [2.24, 2.45) is 5.92 Å². The van der Waals surface area contributed by atoms with Gasteiger partial charge in [-0.3, -0.25) is 4.79 Å². The molecule has 1 aromatic rings. The molecule has 5 nitrogen and oxygen atoms in total. The molecular weight excluding hydrogens is 280 g/mol. The van der Waals surface area contributed by atoms with Crippen molar-refractivity contribution in [2.75, 3.05) is 6.54 Å². The highest BCUT2D eigenvalue weighted by Gasteiger charge is 2.18. The quantitative estimate of drug-likeness (QED) is 0.812. The summed E-state index contributed by atoms with van der Waals surface area (Å²) in [5.74, 6) is 1.86. The van der Waals surface area contributed by atoms with Gasteiger partial charge in [-0.05, 0) is 45.4 Å². The van der Waals surface area contributed by atoms with E-state index in [0.717, 1.165) is 11.5 Å². The molecule has 1 aromatic heterocycles. The van der Waals surface area contributed by atoms with Gasteiger partial charge >= 0.3 is 0 Å². The average molecular weight is 308 g/mol. The Morgan fingerprint density at radius 2 is 2.09 bits per heavy atom. The first-order chi connectivity index (χ1) is 10.6. The van der Waals surface area contributed by atoms with Crippen LogP contribution >= 0.6 is 0 Å². The number of amides is 1. The molecule has 124 valence electrons. The van der Waals surface area contributed by atoms with Gasteiger partial charge in [0.15, 0.2) is 5.89 Å². The van der Waals surface area contributed by atoms with E-state index < -0.39 is 6.10 Å². The van der Waals surface area contributed by atoms with E-state index in [1.807, 2.05) is 13.8 Å². The largest absolute Gasteiger partial charge is 0.446 e. The molecule has 0 radical (unpaired) electrons. The number of aliphatic hydroxyl groups excluding tert-OH is 1. The zero-order valence-corrected chi connectivity index (χ0v) is 13.7. The smallest absolute Gasteiger partial charge is 0.248 e. The summed E-state index contributed by atoms with van der Waals surface area (Å²) in [6.07, 6.45) is 7.08. The summed E-state index contributed by atoms with van der Waals surface area (Å²) in [5, 5.41) is 12.8. The number of aromatic nitrogens is 1. The second-order valence-electron chi connectivity index (χ2n) is 6.41. The van der Waals surface area contributed by atoms with E-state index in [-0.39, 0.29) is 5.91 Å². The highest BCUT2D eigenvalue weighted by Crippen LogP contribution is 2.22. The van der Waals surface area contributed by atoms with Crippen LogP contribution in [0.25, 0.3) is 0 Å². The van der Waals surface area contributed by atoms with Crippen LogP contribution in [-0.4, -0.2) is 28.6 Å². The topological polar surface area (TPSA) is 75.4 Å². The molecule has 0 unspecified atom stereocenters. The molecule has 1 aliphatic rings. The van der Waals surface area contributed by atoms with Crippen LogP contribution in [0.3, 0.4) is 0 Å². The van der Waals surface area contributed by atoms with Gasteiger partial charge in [-0.2, -0.15) is 0 Å². The van der Waals surface area contributed by atoms with E-state index in [9.17, 15) is 9.90 Å². The predicted octanol–water partition coefficient (Wildman–Crippen LogP) is 2.67. The number of aryl methyl sites for hydroxylation is 3. The average Bonchev–Trinajstić information content (AvgIpc) is 2.84. The number of carbonyl (C=O) groups is 1. The molecule has 0 aliphatic heterocycles. The van der Waals surface area contributed by atoms with Gasteiger partial charge < -0.3 is 14.8 Å². The number of hydrogen-bond donors (Lipinski definition) is 2. The molecular formula is C17H28N2O3. The Labute approximate surface area is 132 Å². The number of nitrogens with zero attached hydrogens (tertiary/aromatic N) is 1. The number of carbonyl (C=O) groups excluding carboxylic acids is 1. The molecule has 0 saturated heterocycles. The number of hydrogen-bond acceptors (Lipinski definition) is 4. The zero-order chi connectivity index (χ0) is 15.9. The SMILES string of the molecule is Cc1nc(CCC[C@H](O)C(=O)NCC2CCCCC2)oc1C. The summed E-state index contributed by atoms with van der Waals surface area (Å²) in [7, 11) is 0. The van der Waals surface area contributed by atoms with Crippen molar-refractivity contribution >= 4 is 5.91 Å². The lowest BCUT2D eigenvalue weighted by Gasteiger charge is -2.22. The van der Waals surface area contributed by atoms with E-state index in [4.69, 9.17) is 4.42 Å². The lowest BCUT2D eigenvalue weighted by Crippen LogP contribution is -2.37. The molecule has 1 fully saturated rings. The van der Waals surface area contributed by atoms with Crippen LogP contribution in [0.2, 0.25) is 0 Å². The monoisotopic (exact) mass is 308 g/mol. The molecule has 1 atom stereocenters. The van der Waals surface area contributed by atoms with Gasteiger partial charge in [-0.1, -0.05) is 19.3 Å². The van der Waals surface area contributed by atoms with Gasteiger partial charge in [0.2, 0.25) is 5.91 Å². The van der Waals surface area contributed by atoms with Gasteiger partial charge in [-0.25, -0.2) is 4.98 Å². The highest BCUT2D eigenvalue weighted by molar-refractivity contribution is 5.80. The molecule has 1 aliphatic carbocycles. The lowest BCUT2D eigenvalue weighted by atomic mass is 9.89. The van der Waals surface area contributed by atoms with E-state index in [1.54, 1.807) is 0 Å². The maximum Gasteiger partial charge on any atom is 0.248 e. The van der Waals surface area contributed by atoms with Crippen LogP contribution < -0.4 is 5.32 Å². The Balaban J connectivity index is 1.63. The fourth-order valence-electron chi connectivity index (χ4n) is 2.98. The maximum atomic E-state index is 11.9. The predicted molar refractivity (Wildman–Crippen MR) is 84.5 cm³/mol. The van der Waals surface area contributed by atoms with Gasteiger partial charge in [0.05, 0.1) is 5.69 Å². The van der Waals surface area contributed by atoms with E-state index in [2.05, 4.69) is 10.3 Å². The maximum absolute atomic E-state index is 11.9. The van der Waals surface area contributed by atoms with Crippen molar-refractivity contribution in [3.8, 4) is 0 Å². The van der Waals surface area contributed by atoms with Crippen molar-refractivity contribution in [1.82, 2.24) is 10.3 Å². The van der Waals surface area contributed by atoms with Gasteiger partial charge in [0.25, 0.3) is 0 Å². The zero-order valence-electron chi connectivity index (χ0n) is 13.7. The van der Waals surface area contributed by atoms with Crippen molar-refractivity contribution in [2.45, 2.75) is 71.3 Å². The molecule has 22 heavy (non-hydrogen) atoms. The molecule has 0 aromatic carbocycles. The third-order valence-electron chi connectivity index (χ3n) is 4.53. The molecule has 1 amide bonds. The minimum atomic E-state index is -0.930.